The van der Waals surface area contributed by atoms with Gasteiger partial charge in [-0.2, -0.15) is 0 Å². The van der Waals surface area contributed by atoms with Gasteiger partial charge in [0.15, 0.2) is 0 Å². The number of ether oxygens (including phenoxy) is 1. The smallest absolute Gasteiger partial charge is 0.310 e. The number of hydrogen-bond donors (Lipinski definition) is 1. The molecule has 0 saturated carbocycles. The standard InChI is InChI=1S/C9H19NO2/c1-5-12-9(11)8(6(2)3)7(4)10/h6-8H,5,10H2,1-4H3. The maximum atomic E-state index is 11.3. The van der Waals surface area contributed by atoms with E-state index in [1.807, 2.05) is 20.8 Å². The number of esters is 1. The highest BCUT2D eigenvalue weighted by molar-refractivity contribution is 5.73. The zero-order valence-electron chi connectivity index (χ0n) is 8.33. The van der Waals surface area contributed by atoms with E-state index in [0.29, 0.717) is 6.61 Å². The summed E-state index contributed by atoms with van der Waals surface area (Å²) >= 11 is 0. The van der Waals surface area contributed by atoms with Crippen LogP contribution in [-0.4, -0.2) is 18.6 Å². The summed E-state index contributed by atoms with van der Waals surface area (Å²) in [4.78, 5) is 11.3. The van der Waals surface area contributed by atoms with Crippen molar-refractivity contribution in [2.45, 2.75) is 33.7 Å². The minimum atomic E-state index is -0.178. The fraction of sp³-hybridized carbons (Fsp3) is 0.889. The number of carbonyl (C=O) groups is 1. The normalized spacial score (nSPS) is 15.8. The molecule has 0 aromatic carbocycles. The monoisotopic (exact) mass is 173 g/mol. The Hall–Kier alpha value is -0.570. The lowest BCUT2D eigenvalue weighted by Gasteiger charge is -2.22. The number of carbonyl (C=O) groups excluding carboxylic acids is 1. The largest absolute Gasteiger partial charge is 0.466 e. The molecule has 0 aliphatic rings. The molecule has 12 heavy (non-hydrogen) atoms. The van der Waals surface area contributed by atoms with Gasteiger partial charge in [0.1, 0.15) is 0 Å². The second kappa shape index (κ2) is 5.14. The molecule has 0 aromatic heterocycles. The van der Waals surface area contributed by atoms with Crippen LogP contribution in [0.25, 0.3) is 0 Å². The van der Waals surface area contributed by atoms with Crippen LogP contribution in [0.15, 0.2) is 0 Å². The predicted octanol–water partition coefficient (Wildman–Crippen LogP) is 1.17. The Balaban J connectivity index is 4.20. The molecule has 0 spiro atoms. The summed E-state index contributed by atoms with van der Waals surface area (Å²) in [7, 11) is 0. The maximum Gasteiger partial charge on any atom is 0.310 e. The first kappa shape index (κ1) is 11.4. The van der Waals surface area contributed by atoms with Crippen LogP contribution >= 0.6 is 0 Å². The molecular weight excluding hydrogens is 154 g/mol. The van der Waals surface area contributed by atoms with Crippen molar-refractivity contribution in [1.29, 1.82) is 0 Å². The first-order chi connectivity index (χ1) is 5.50. The van der Waals surface area contributed by atoms with Gasteiger partial charge in [0.05, 0.1) is 12.5 Å². The van der Waals surface area contributed by atoms with Crippen LogP contribution in [0.1, 0.15) is 27.7 Å². The van der Waals surface area contributed by atoms with E-state index < -0.39 is 0 Å². The highest BCUT2D eigenvalue weighted by Crippen LogP contribution is 2.15. The predicted molar refractivity (Wildman–Crippen MR) is 48.6 cm³/mol. The van der Waals surface area contributed by atoms with Gasteiger partial charge in [-0.25, -0.2) is 0 Å². The third kappa shape index (κ3) is 3.22. The first-order valence-corrected chi connectivity index (χ1v) is 4.42. The molecule has 0 rings (SSSR count). The van der Waals surface area contributed by atoms with Crippen molar-refractivity contribution in [2.24, 2.45) is 17.6 Å². The second-order valence-corrected chi connectivity index (χ2v) is 3.38. The van der Waals surface area contributed by atoms with E-state index in [0.717, 1.165) is 0 Å². The van der Waals surface area contributed by atoms with Crippen molar-refractivity contribution in [3.63, 3.8) is 0 Å². The molecule has 2 atom stereocenters. The van der Waals surface area contributed by atoms with Gasteiger partial charge >= 0.3 is 5.97 Å². The van der Waals surface area contributed by atoms with Gasteiger partial charge in [-0.15, -0.1) is 0 Å². The molecule has 0 fully saturated rings. The third-order valence-electron chi connectivity index (χ3n) is 1.84. The SMILES string of the molecule is CCOC(=O)C(C(C)C)C(C)N. The summed E-state index contributed by atoms with van der Waals surface area (Å²) < 4.78 is 4.91. The molecule has 0 radical (unpaired) electrons. The minimum absolute atomic E-state index is 0.135. The average molecular weight is 173 g/mol. The van der Waals surface area contributed by atoms with Gasteiger partial charge in [-0.3, -0.25) is 4.79 Å². The maximum absolute atomic E-state index is 11.3. The Bertz CT molecular complexity index is 135. The molecule has 0 heterocycles. The summed E-state index contributed by atoms with van der Waals surface area (Å²) in [5.41, 5.74) is 5.67. The van der Waals surface area contributed by atoms with Gasteiger partial charge in [0.2, 0.25) is 0 Å². The topological polar surface area (TPSA) is 52.3 Å². The van der Waals surface area contributed by atoms with Crippen molar-refractivity contribution in [1.82, 2.24) is 0 Å². The zero-order valence-corrected chi connectivity index (χ0v) is 8.33. The van der Waals surface area contributed by atoms with Crippen LogP contribution in [0.2, 0.25) is 0 Å². The van der Waals surface area contributed by atoms with Crippen molar-refractivity contribution >= 4 is 5.97 Å². The number of nitrogens with two attached hydrogens (primary N) is 1. The molecule has 3 heteroatoms. The molecule has 0 aliphatic carbocycles. The highest BCUT2D eigenvalue weighted by Gasteiger charge is 2.26. The first-order valence-electron chi connectivity index (χ1n) is 4.42. The van der Waals surface area contributed by atoms with Gasteiger partial charge in [0, 0.05) is 6.04 Å². The molecular formula is C9H19NO2. The van der Waals surface area contributed by atoms with Crippen LogP contribution in [0, 0.1) is 11.8 Å². The van der Waals surface area contributed by atoms with Crippen LogP contribution in [0.4, 0.5) is 0 Å². The summed E-state index contributed by atoms with van der Waals surface area (Å²) in [6.07, 6.45) is 0. The number of rotatable bonds is 4. The van der Waals surface area contributed by atoms with Crippen LogP contribution in [-0.2, 0) is 9.53 Å². The zero-order chi connectivity index (χ0) is 9.72. The van der Waals surface area contributed by atoms with Crippen LogP contribution in [0.5, 0.6) is 0 Å². The second-order valence-electron chi connectivity index (χ2n) is 3.38. The summed E-state index contributed by atoms with van der Waals surface area (Å²) in [5, 5.41) is 0. The Labute approximate surface area is 74.3 Å². The Kier molecular flexibility index (Phi) is 4.90. The molecule has 0 amide bonds. The van der Waals surface area contributed by atoms with Gasteiger partial charge < -0.3 is 10.5 Å². The average Bonchev–Trinajstić information content (AvgIpc) is 1.85. The lowest BCUT2D eigenvalue weighted by atomic mass is 9.90. The van der Waals surface area contributed by atoms with Gasteiger partial charge in [-0.1, -0.05) is 13.8 Å². The molecule has 72 valence electrons. The summed E-state index contributed by atoms with van der Waals surface area (Å²) in [6, 6.07) is -0.135. The van der Waals surface area contributed by atoms with Gasteiger partial charge in [0.25, 0.3) is 0 Å². The highest BCUT2D eigenvalue weighted by atomic mass is 16.5. The van der Waals surface area contributed by atoms with E-state index >= 15 is 0 Å². The molecule has 0 bridgehead atoms. The fourth-order valence-corrected chi connectivity index (χ4v) is 1.33. The Morgan fingerprint density at radius 3 is 2.17 bits per heavy atom. The van der Waals surface area contributed by atoms with E-state index in [4.69, 9.17) is 10.5 Å². The van der Waals surface area contributed by atoms with Crippen molar-refractivity contribution < 1.29 is 9.53 Å². The van der Waals surface area contributed by atoms with E-state index in [1.54, 1.807) is 6.92 Å². The van der Waals surface area contributed by atoms with Crippen molar-refractivity contribution in [3.05, 3.63) is 0 Å². The molecule has 0 saturated heterocycles. The lowest BCUT2D eigenvalue weighted by Crippen LogP contribution is -2.37. The number of hydrogen-bond acceptors (Lipinski definition) is 3. The summed E-state index contributed by atoms with van der Waals surface area (Å²) in [6.45, 7) is 8.02. The van der Waals surface area contributed by atoms with E-state index in [2.05, 4.69) is 0 Å². The van der Waals surface area contributed by atoms with Crippen LogP contribution in [0.3, 0.4) is 0 Å². The molecule has 2 N–H and O–H groups in total. The van der Waals surface area contributed by atoms with Gasteiger partial charge in [-0.05, 0) is 19.8 Å². The lowest BCUT2D eigenvalue weighted by molar-refractivity contribution is -0.150. The Morgan fingerprint density at radius 2 is 1.92 bits per heavy atom. The van der Waals surface area contributed by atoms with E-state index in [-0.39, 0.29) is 23.8 Å². The minimum Gasteiger partial charge on any atom is -0.466 e. The third-order valence-corrected chi connectivity index (χ3v) is 1.84. The van der Waals surface area contributed by atoms with Crippen molar-refractivity contribution in [2.75, 3.05) is 6.61 Å². The molecule has 3 nitrogen and oxygen atoms in total. The quantitative estimate of drug-likeness (QED) is 0.649. The molecule has 2 unspecified atom stereocenters. The van der Waals surface area contributed by atoms with E-state index in [9.17, 15) is 4.79 Å². The van der Waals surface area contributed by atoms with E-state index in [1.165, 1.54) is 0 Å². The molecule has 0 aliphatic heterocycles. The fourth-order valence-electron chi connectivity index (χ4n) is 1.33. The summed E-state index contributed by atoms with van der Waals surface area (Å²) in [5.74, 6) is -0.114. The van der Waals surface area contributed by atoms with Crippen LogP contribution < -0.4 is 5.73 Å². The van der Waals surface area contributed by atoms with Crippen molar-refractivity contribution in [3.8, 4) is 0 Å². The Morgan fingerprint density at radius 1 is 1.42 bits per heavy atom. The molecule has 0 aromatic rings.